The van der Waals surface area contributed by atoms with E-state index >= 15 is 0 Å². The first-order valence-electron chi connectivity index (χ1n) is 5.90. The van der Waals surface area contributed by atoms with Crippen molar-refractivity contribution in [2.24, 2.45) is 11.7 Å². The van der Waals surface area contributed by atoms with Crippen molar-refractivity contribution in [2.45, 2.75) is 52.6 Å². The molecular weight excluding hydrogens is 204 g/mol. The standard InChI is InChI=1S/C11H22N4O/c1-8(2)5-4-6-9(3)13-11-15-14-10(7-12)16-11/h8-9H,4-7,12H2,1-3H3,(H,13,15). The molecule has 0 amide bonds. The van der Waals surface area contributed by atoms with E-state index in [0.29, 0.717) is 17.9 Å². The van der Waals surface area contributed by atoms with E-state index in [1.807, 2.05) is 0 Å². The normalized spacial score (nSPS) is 13.1. The second kappa shape index (κ2) is 6.48. The summed E-state index contributed by atoms with van der Waals surface area (Å²) in [7, 11) is 0. The number of anilines is 1. The van der Waals surface area contributed by atoms with Gasteiger partial charge in [-0.05, 0) is 19.3 Å². The molecule has 1 unspecified atom stereocenters. The van der Waals surface area contributed by atoms with Crippen LogP contribution in [-0.4, -0.2) is 16.2 Å². The predicted octanol–water partition coefficient (Wildman–Crippen LogP) is 2.15. The maximum atomic E-state index is 5.38. The third kappa shape index (κ3) is 4.61. The molecule has 1 atom stereocenters. The number of hydrogen-bond acceptors (Lipinski definition) is 5. The molecule has 0 aliphatic carbocycles. The van der Waals surface area contributed by atoms with Gasteiger partial charge in [0.15, 0.2) is 0 Å². The lowest BCUT2D eigenvalue weighted by molar-refractivity contribution is 0.487. The van der Waals surface area contributed by atoms with Gasteiger partial charge in [0, 0.05) is 6.04 Å². The Labute approximate surface area is 96.8 Å². The van der Waals surface area contributed by atoms with Crippen molar-refractivity contribution in [1.29, 1.82) is 0 Å². The van der Waals surface area contributed by atoms with E-state index in [1.54, 1.807) is 0 Å². The van der Waals surface area contributed by atoms with Gasteiger partial charge in [-0.15, -0.1) is 5.10 Å². The molecule has 92 valence electrons. The van der Waals surface area contributed by atoms with Crippen LogP contribution in [0.1, 0.15) is 45.9 Å². The van der Waals surface area contributed by atoms with Gasteiger partial charge in [0.2, 0.25) is 5.89 Å². The summed E-state index contributed by atoms with van der Waals surface area (Å²) in [6.45, 7) is 6.89. The van der Waals surface area contributed by atoms with E-state index in [0.717, 1.165) is 12.3 Å². The first kappa shape index (κ1) is 13.0. The summed E-state index contributed by atoms with van der Waals surface area (Å²) in [6.07, 6.45) is 3.58. The van der Waals surface area contributed by atoms with Crippen LogP contribution in [0.2, 0.25) is 0 Å². The molecular formula is C11H22N4O. The maximum Gasteiger partial charge on any atom is 0.315 e. The molecule has 1 aromatic rings. The van der Waals surface area contributed by atoms with Crippen LogP contribution in [0.3, 0.4) is 0 Å². The number of nitrogens with two attached hydrogens (primary N) is 1. The Morgan fingerprint density at radius 3 is 2.56 bits per heavy atom. The molecule has 0 fully saturated rings. The summed E-state index contributed by atoms with van der Waals surface area (Å²) in [5.74, 6) is 1.23. The topological polar surface area (TPSA) is 77.0 Å². The Morgan fingerprint density at radius 2 is 2.00 bits per heavy atom. The molecule has 3 N–H and O–H groups in total. The van der Waals surface area contributed by atoms with E-state index < -0.39 is 0 Å². The summed E-state index contributed by atoms with van der Waals surface area (Å²) in [6, 6.07) is 0.822. The van der Waals surface area contributed by atoms with Crippen molar-refractivity contribution in [3.8, 4) is 0 Å². The highest BCUT2D eigenvalue weighted by Gasteiger charge is 2.08. The van der Waals surface area contributed by atoms with Gasteiger partial charge in [-0.3, -0.25) is 0 Å². The van der Waals surface area contributed by atoms with Gasteiger partial charge in [0.1, 0.15) is 0 Å². The molecule has 1 aromatic heterocycles. The van der Waals surface area contributed by atoms with E-state index in [4.69, 9.17) is 10.2 Å². The first-order chi connectivity index (χ1) is 7.61. The van der Waals surface area contributed by atoms with Crippen molar-refractivity contribution in [3.63, 3.8) is 0 Å². The molecule has 0 aliphatic heterocycles. The van der Waals surface area contributed by atoms with Crippen molar-refractivity contribution < 1.29 is 4.42 Å². The van der Waals surface area contributed by atoms with Crippen molar-refractivity contribution in [3.05, 3.63) is 5.89 Å². The molecule has 0 spiro atoms. The lowest BCUT2D eigenvalue weighted by Gasteiger charge is -2.12. The zero-order chi connectivity index (χ0) is 12.0. The Hall–Kier alpha value is -1.10. The Morgan fingerprint density at radius 1 is 1.25 bits per heavy atom. The van der Waals surface area contributed by atoms with Crippen LogP contribution in [0, 0.1) is 5.92 Å². The Kier molecular flexibility index (Phi) is 5.25. The molecule has 0 saturated carbocycles. The molecule has 1 heterocycles. The van der Waals surface area contributed by atoms with Gasteiger partial charge in [0.25, 0.3) is 0 Å². The molecule has 16 heavy (non-hydrogen) atoms. The molecule has 0 bridgehead atoms. The van der Waals surface area contributed by atoms with Gasteiger partial charge in [0.05, 0.1) is 6.54 Å². The highest BCUT2D eigenvalue weighted by Crippen LogP contribution is 2.12. The molecule has 5 nitrogen and oxygen atoms in total. The second-order valence-electron chi connectivity index (χ2n) is 4.58. The smallest absolute Gasteiger partial charge is 0.315 e. The highest BCUT2D eigenvalue weighted by atomic mass is 16.4. The van der Waals surface area contributed by atoms with Crippen molar-refractivity contribution >= 4 is 6.01 Å². The first-order valence-corrected chi connectivity index (χ1v) is 5.90. The molecule has 1 rings (SSSR count). The van der Waals surface area contributed by atoms with Crippen LogP contribution in [0.5, 0.6) is 0 Å². The average molecular weight is 226 g/mol. The van der Waals surface area contributed by atoms with E-state index in [2.05, 4.69) is 36.3 Å². The summed E-state index contributed by atoms with van der Waals surface area (Å²) in [5.41, 5.74) is 5.38. The Bertz CT molecular complexity index is 298. The van der Waals surface area contributed by atoms with Crippen molar-refractivity contribution in [1.82, 2.24) is 10.2 Å². The quantitative estimate of drug-likeness (QED) is 0.745. The average Bonchev–Trinajstić information content (AvgIpc) is 2.65. The molecule has 0 aromatic carbocycles. The minimum atomic E-state index is 0.288. The number of nitrogens with zero attached hydrogens (tertiary/aromatic N) is 2. The van der Waals surface area contributed by atoms with Gasteiger partial charge in [-0.25, -0.2) is 0 Å². The fraction of sp³-hybridized carbons (Fsp3) is 0.818. The lowest BCUT2D eigenvalue weighted by atomic mass is 10.0. The van der Waals surface area contributed by atoms with Crippen LogP contribution < -0.4 is 11.1 Å². The van der Waals surface area contributed by atoms with E-state index in [9.17, 15) is 0 Å². The summed E-state index contributed by atoms with van der Waals surface area (Å²) >= 11 is 0. The predicted molar refractivity (Wildman–Crippen MR) is 64.0 cm³/mol. The monoisotopic (exact) mass is 226 g/mol. The van der Waals surface area contributed by atoms with Gasteiger partial charge in [-0.2, -0.15) is 0 Å². The number of rotatable bonds is 7. The Balaban J connectivity index is 2.25. The van der Waals surface area contributed by atoms with Gasteiger partial charge < -0.3 is 15.5 Å². The summed E-state index contributed by atoms with van der Waals surface area (Å²) in [4.78, 5) is 0. The van der Waals surface area contributed by atoms with Crippen LogP contribution in [0.15, 0.2) is 4.42 Å². The maximum absolute atomic E-state index is 5.38. The second-order valence-corrected chi connectivity index (χ2v) is 4.58. The molecule has 0 saturated heterocycles. The summed E-state index contributed by atoms with van der Waals surface area (Å²) in [5, 5.41) is 10.8. The fourth-order valence-corrected chi connectivity index (χ4v) is 1.51. The van der Waals surface area contributed by atoms with Crippen LogP contribution >= 0.6 is 0 Å². The molecule has 0 aliphatic rings. The SMILES string of the molecule is CC(C)CCCC(C)Nc1nnc(CN)o1. The minimum absolute atomic E-state index is 0.288. The number of hydrogen-bond donors (Lipinski definition) is 2. The van der Waals surface area contributed by atoms with E-state index in [-0.39, 0.29) is 6.54 Å². The minimum Gasteiger partial charge on any atom is -0.407 e. The molecule has 5 heteroatoms. The number of aromatic nitrogens is 2. The fourth-order valence-electron chi connectivity index (χ4n) is 1.51. The van der Waals surface area contributed by atoms with Crippen molar-refractivity contribution in [2.75, 3.05) is 5.32 Å². The van der Waals surface area contributed by atoms with Crippen LogP contribution in [-0.2, 0) is 6.54 Å². The van der Waals surface area contributed by atoms with E-state index in [1.165, 1.54) is 12.8 Å². The lowest BCUT2D eigenvalue weighted by Crippen LogP contribution is -2.15. The number of nitrogens with one attached hydrogen (secondary N) is 1. The highest BCUT2D eigenvalue weighted by molar-refractivity contribution is 5.18. The third-order valence-electron chi connectivity index (χ3n) is 2.43. The summed E-state index contributed by atoms with van der Waals surface area (Å²) < 4.78 is 5.27. The zero-order valence-electron chi connectivity index (χ0n) is 10.4. The van der Waals surface area contributed by atoms with Crippen LogP contribution in [0.25, 0.3) is 0 Å². The molecule has 0 radical (unpaired) electrons. The van der Waals surface area contributed by atoms with Crippen LogP contribution in [0.4, 0.5) is 6.01 Å². The van der Waals surface area contributed by atoms with Gasteiger partial charge in [-0.1, -0.05) is 31.8 Å². The van der Waals surface area contributed by atoms with Gasteiger partial charge >= 0.3 is 6.01 Å². The zero-order valence-corrected chi connectivity index (χ0v) is 10.4. The third-order valence-corrected chi connectivity index (χ3v) is 2.43. The largest absolute Gasteiger partial charge is 0.407 e.